The largest absolute Gasteiger partial charge is 0.494 e. The maximum absolute atomic E-state index is 12.5. The number of rotatable bonds is 6. The highest BCUT2D eigenvalue weighted by molar-refractivity contribution is 5.84. The number of carbonyl (C=O) groups is 1. The Morgan fingerprint density at radius 2 is 1.81 bits per heavy atom. The zero-order valence-corrected chi connectivity index (χ0v) is 13.4. The molecule has 1 N–H and O–H groups in total. The van der Waals surface area contributed by atoms with Crippen molar-refractivity contribution in [3.63, 3.8) is 0 Å². The van der Waals surface area contributed by atoms with Crippen LogP contribution >= 0.6 is 0 Å². The van der Waals surface area contributed by atoms with Gasteiger partial charge < -0.3 is 9.64 Å². The summed E-state index contributed by atoms with van der Waals surface area (Å²) in [6.07, 6.45) is 1.92. The summed E-state index contributed by atoms with van der Waals surface area (Å²) in [5, 5.41) is 3.41. The topological polar surface area (TPSA) is 41.6 Å². The average Bonchev–Trinajstić information content (AvgIpc) is 2.79. The number of carbonyl (C=O) groups excluding carboxylic acids is 1. The number of nitrogens with one attached hydrogen (secondary N) is 1. The molecule has 0 radical (unpaired) electrons. The van der Waals surface area contributed by atoms with Crippen molar-refractivity contribution in [2.24, 2.45) is 0 Å². The van der Waals surface area contributed by atoms with E-state index in [4.69, 9.17) is 4.74 Å². The predicted octanol–water partition coefficient (Wildman–Crippen LogP) is 3.09. The van der Waals surface area contributed by atoms with Crippen LogP contribution < -0.4 is 10.1 Å². The van der Waals surface area contributed by atoms with E-state index in [2.05, 4.69) is 19.2 Å². The fraction of sp³-hybridized carbons (Fsp3) is 0.588. The second-order valence-electron chi connectivity index (χ2n) is 5.51. The van der Waals surface area contributed by atoms with Crippen LogP contribution in [0, 0.1) is 0 Å². The molecule has 0 bridgehead atoms. The molecule has 2 rings (SSSR count). The van der Waals surface area contributed by atoms with Crippen LogP contribution in [0.1, 0.15) is 52.3 Å². The van der Waals surface area contributed by atoms with Crippen molar-refractivity contribution in [3.05, 3.63) is 29.8 Å². The van der Waals surface area contributed by atoms with Crippen LogP contribution in [0.3, 0.4) is 0 Å². The lowest BCUT2D eigenvalue weighted by atomic mass is 10.1. The van der Waals surface area contributed by atoms with Crippen molar-refractivity contribution in [1.29, 1.82) is 0 Å². The van der Waals surface area contributed by atoms with E-state index in [-0.39, 0.29) is 24.2 Å². The molecule has 2 unspecified atom stereocenters. The third-order valence-corrected chi connectivity index (χ3v) is 4.15. The normalized spacial score (nSPS) is 22.1. The summed E-state index contributed by atoms with van der Waals surface area (Å²) in [5.74, 6) is 1.07. The maximum Gasteiger partial charge on any atom is 0.241 e. The van der Waals surface area contributed by atoms with Crippen LogP contribution in [0.4, 0.5) is 0 Å². The molecule has 1 fully saturated rings. The monoisotopic (exact) mass is 290 g/mol. The van der Waals surface area contributed by atoms with Crippen molar-refractivity contribution in [2.45, 2.75) is 58.8 Å². The minimum atomic E-state index is -0.123. The molecule has 1 heterocycles. The molecule has 4 heteroatoms. The van der Waals surface area contributed by atoms with Crippen LogP contribution in [-0.4, -0.2) is 29.5 Å². The van der Waals surface area contributed by atoms with Gasteiger partial charge >= 0.3 is 0 Å². The number of amides is 1. The fourth-order valence-electron chi connectivity index (χ4n) is 2.98. The number of hydrogen-bond donors (Lipinski definition) is 1. The number of hydrogen-bond acceptors (Lipinski definition) is 3. The van der Waals surface area contributed by atoms with E-state index >= 15 is 0 Å². The molecule has 4 nitrogen and oxygen atoms in total. The molecule has 0 aromatic heterocycles. The molecule has 1 amide bonds. The first-order valence-corrected chi connectivity index (χ1v) is 7.93. The Kier molecular flexibility index (Phi) is 5.23. The molecular weight excluding hydrogens is 264 g/mol. The Morgan fingerprint density at radius 3 is 2.33 bits per heavy atom. The second-order valence-corrected chi connectivity index (χ2v) is 5.51. The smallest absolute Gasteiger partial charge is 0.241 e. The fourth-order valence-corrected chi connectivity index (χ4v) is 2.98. The van der Waals surface area contributed by atoms with Gasteiger partial charge in [-0.25, -0.2) is 0 Å². The van der Waals surface area contributed by atoms with Gasteiger partial charge in [-0.05, 0) is 44.4 Å². The van der Waals surface area contributed by atoms with Gasteiger partial charge in [0.05, 0.1) is 12.6 Å². The van der Waals surface area contributed by atoms with E-state index in [0.717, 1.165) is 24.2 Å². The van der Waals surface area contributed by atoms with Gasteiger partial charge in [-0.1, -0.05) is 26.0 Å². The molecule has 0 spiro atoms. The Morgan fingerprint density at radius 1 is 1.19 bits per heavy atom. The third-order valence-electron chi connectivity index (χ3n) is 4.15. The quantitative estimate of drug-likeness (QED) is 0.875. The molecular formula is C17H26N2O2. The molecule has 2 atom stereocenters. The van der Waals surface area contributed by atoms with Gasteiger partial charge in [0.25, 0.3) is 0 Å². The van der Waals surface area contributed by atoms with Crippen molar-refractivity contribution >= 4 is 5.91 Å². The van der Waals surface area contributed by atoms with Gasteiger partial charge in [-0.15, -0.1) is 0 Å². The number of nitrogens with zero attached hydrogens (tertiary/aromatic N) is 1. The Labute approximate surface area is 127 Å². The lowest BCUT2D eigenvalue weighted by Gasteiger charge is -2.32. The maximum atomic E-state index is 12.5. The molecule has 0 aliphatic carbocycles. The number of benzene rings is 1. The summed E-state index contributed by atoms with van der Waals surface area (Å²) in [7, 11) is 0. The van der Waals surface area contributed by atoms with Crippen molar-refractivity contribution in [2.75, 3.05) is 6.61 Å². The van der Waals surface area contributed by atoms with E-state index in [9.17, 15) is 4.79 Å². The van der Waals surface area contributed by atoms with Crippen molar-refractivity contribution < 1.29 is 9.53 Å². The lowest BCUT2D eigenvalue weighted by molar-refractivity contribution is -0.132. The molecule has 116 valence electrons. The summed E-state index contributed by atoms with van der Waals surface area (Å²) in [4.78, 5) is 14.5. The standard InChI is InChI=1S/C17H26N2O2/c1-5-14(6-2)19-16(18-12(4)17(19)20)13-8-10-15(11-9-13)21-7-3/h8-12,14,16,18H,5-7H2,1-4H3. The Bertz CT molecular complexity index is 468. The van der Waals surface area contributed by atoms with E-state index in [1.54, 1.807) is 0 Å². The summed E-state index contributed by atoms with van der Waals surface area (Å²) >= 11 is 0. The molecule has 1 aromatic rings. The molecule has 1 saturated heterocycles. The summed E-state index contributed by atoms with van der Waals surface area (Å²) in [6.45, 7) is 8.85. The second kappa shape index (κ2) is 6.94. The summed E-state index contributed by atoms with van der Waals surface area (Å²) < 4.78 is 5.48. The van der Waals surface area contributed by atoms with Gasteiger partial charge in [-0.3, -0.25) is 10.1 Å². The highest BCUT2D eigenvalue weighted by Crippen LogP contribution is 2.30. The van der Waals surface area contributed by atoms with E-state index in [1.165, 1.54) is 0 Å². The van der Waals surface area contributed by atoms with E-state index < -0.39 is 0 Å². The number of ether oxygens (including phenoxy) is 1. The zero-order valence-electron chi connectivity index (χ0n) is 13.4. The first-order valence-electron chi connectivity index (χ1n) is 7.93. The van der Waals surface area contributed by atoms with Gasteiger partial charge in [-0.2, -0.15) is 0 Å². The van der Waals surface area contributed by atoms with Gasteiger partial charge in [0.1, 0.15) is 11.9 Å². The van der Waals surface area contributed by atoms with Crippen LogP contribution in [0.5, 0.6) is 5.75 Å². The van der Waals surface area contributed by atoms with Crippen LogP contribution in [0.15, 0.2) is 24.3 Å². The molecule has 1 aromatic carbocycles. The molecule has 0 saturated carbocycles. The van der Waals surface area contributed by atoms with Crippen LogP contribution in [0.25, 0.3) is 0 Å². The molecule has 21 heavy (non-hydrogen) atoms. The Balaban J connectivity index is 2.25. The van der Waals surface area contributed by atoms with Gasteiger partial charge in [0, 0.05) is 6.04 Å². The SMILES string of the molecule is CCOc1ccc(C2NC(C)C(=O)N2C(CC)CC)cc1. The molecule has 1 aliphatic rings. The predicted molar refractivity (Wildman–Crippen MR) is 84.2 cm³/mol. The van der Waals surface area contributed by atoms with E-state index in [0.29, 0.717) is 6.61 Å². The summed E-state index contributed by atoms with van der Waals surface area (Å²) in [5.41, 5.74) is 1.11. The minimum absolute atomic E-state index is 0.0342. The Hall–Kier alpha value is -1.55. The van der Waals surface area contributed by atoms with Gasteiger partial charge in [0.2, 0.25) is 5.91 Å². The van der Waals surface area contributed by atoms with Gasteiger partial charge in [0.15, 0.2) is 0 Å². The van der Waals surface area contributed by atoms with Crippen molar-refractivity contribution in [3.8, 4) is 5.75 Å². The van der Waals surface area contributed by atoms with Crippen LogP contribution in [-0.2, 0) is 4.79 Å². The van der Waals surface area contributed by atoms with Crippen molar-refractivity contribution in [1.82, 2.24) is 10.2 Å². The van der Waals surface area contributed by atoms with Crippen LogP contribution in [0.2, 0.25) is 0 Å². The average molecular weight is 290 g/mol. The highest BCUT2D eigenvalue weighted by Gasteiger charge is 2.39. The van der Waals surface area contributed by atoms with E-state index in [1.807, 2.05) is 43.0 Å². The lowest BCUT2D eigenvalue weighted by Crippen LogP contribution is -2.39. The minimum Gasteiger partial charge on any atom is -0.494 e. The highest BCUT2D eigenvalue weighted by atomic mass is 16.5. The zero-order chi connectivity index (χ0) is 15.4. The molecule has 1 aliphatic heterocycles. The first-order chi connectivity index (χ1) is 10.1. The third kappa shape index (κ3) is 3.21. The first kappa shape index (κ1) is 15.8. The summed E-state index contributed by atoms with van der Waals surface area (Å²) in [6, 6.07) is 8.19.